The van der Waals surface area contributed by atoms with Crippen molar-refractivity contribution in [3.8, 4) is 0 Å². The average Bonchev–Trinajstić information content (AvgIpc) is 2.99. The third-order valence-corrected chi connectivity index (χ3v) is 4.26. The van der Waals surface area contributed by atoms with E-state index in [1.54, 1.807) is 25.4 Å². The van der Waals surface area contributed by atoms with Crippen LogP contribution in [0.3, 0.4) is 0 Å². The van der Waals surface area contributed by atoms with Crippen molar-refractivity contribution in [1.29, 1.82) is 0 Å². The molecule has 0 spiro atoms. The van der Waals surface area contributed by atoms with Gasteiger partial charge in [-0.05, 0) is 24.4 Å². The molecule has 1 amide bonds. The molecule has 0 saturated heterocycles. The smallest absolute Gasteiger partial charge is 0.257 e. The van der Waals surface area contributed by atoms with Crippen LogP contribution in [0.1, 0.15) is 28.2 Å². The maximum Gasteiger partial charge on any atom is 0.257 e. The fourth-order valence-corrected chi connectivity index (χ4v) is 2.70. The Morgan fingerprint density at radius 3 is 2.85 bits per heavy atom. The number of nitrogens with zero attached hydrogens (tertiary/aromatic N) is 2. The number of anilines is 1. The molecule has 2 rings (SSSR count). The fourth-order valence-electron chi connectivity index (χ4n) is 1.87. The minimum Gasteiger partial charge on any atom is -0.371 e. The second-order valence-corrected chi connectivity index (χ2v) is 5.36. The quantitative estimate of drug-likeness (QED) is 0.942. The maximum atomic E-state index is 14.1. The van der Waals surface area contributed by atoms with E-state index >= 15 is 0 Å². The Bertz CT molecular complexity index is 600. The van der Waals surface area contributed by atoms with Crippen LogP contribution in [0.5, 0.6) is 0 Å². The van der Waals surface area contributed by atoms with Crippen LogP contribution in [0.25, 0.3) is 0 Å². The van der Waals surface area contributed by atoms with Crippen molar-refractivity contribution in [2.75, 3.05) is 19.4 Å². The van der Waals surface area contributed by atoms with Gasteiger partial charge in [0.15, 0.2) is 11.6 Å². The van der Waals surface area contributed by atoms with Gasteiger partial charge in [-0.2, -0.15) is 0 Å². The molecule has 2 aromatic heterocycles. The number of carbonyl (C=O) groups excluding carboxylic acids is 1. The number of rotatable bonds is 4. The molecule has 20 heavy (non-hydrogen) atoms. The van der Waals surface area contributed by atoms with Gasteiger partial charge < -0.3 is 10.2 Å². The van der Waals surface area contributed by atoms with Gasteiger partial charge in [0.05, 0.1) is 11.6 Å². The van der Waals surface area contributed by atoms with Crippen molar-refractivity contribution in [3.63, 3.8) is 0 Å². The van der Waals surface area contributed by atoms with Crippen LogP contribution in [-0.2, 0) is 0 Å². The topological polar surface area (TPSA) is 45.2 Å². The molecule has 0 aliphatic heterocycles. The van der Waals surface area contributed by atoms with Gasteiger partial charge in [-0.1, -0.05) is 6.07 Å². The molecule has 2 heterocycles. The largest absolute Gasteiger partial charge is 0.371 e. The zero-order valence-corrected chi connectivity index (χ0v) is 12.4. The summed E-state index contributed by atoms with van der Waals surface area (Å²) in [6, 6.07) is 5.19. The van der Waals surface area contributed by atoms with E-state index < -0.39 is 5.82 Å². The maximum absolute atomic E-state index is 14.1. The lowest BCUT2D eigenvalue weighted by Gasteiger charge is -2.24. The van der Waals surface area contributed by atoms with E-state index in [4.69, 9.17) is 0 Å². The van der Waals surface area contributed by atoms with E-state index in [2.05, 4.69) is 10.3 Å². The van der Waals surface area contributed by atoms with Crippen molar-refractivity contribution >= 4 is 23.1 Å². The monoisotopic (exact) mass is 293 g/mol. The summed E-state index contributed by atoms with van der Waals surface area (Å²) >= 11 is 1.57. The second kappa shape index (κ2) is 6.00. The number of carbonyl (C=O) groups is 1. The highest BCUT2D eigenvalue weighted by molar-refractivity contribution is 7.10. The number of hydrogen-bond acceptors (Lipinski definition) is 4. The van der Waals surface area contributed by atoms with Crippen LogP contribution in [0, 0.1) is 5.82 Å². The molecule has 2 aromatic rings. The van der Waals surface area contributed by atoms with Crippen molar-refractivity contribution in [1.82, 2.24) is 9.88 Å². The molecule has 1 atom stereocenters. The molecule has 0 radical (unpaired) electrons. The summed E-state index contributed by atoms with van der Waals surface area (Å²) in [7, 11) is 3.24. The average molecular weight is 293 g/mol. The van der Waals surface area contributed by atoms with E-state index in [1.165, 1.54) is 17.2 Å². The molecule has 0 bridgehead atoms. The Balaban J connectivity index is 2.27. The first kappa shape index (κ1) is 14.5. The number of hydrogen-bond donors (Lipinski definition) is 1. The Kier molecular flexibility index (Phi) is 4.34. The first-order valence-corrected chi connectivity index (χ1v) is 7.07. The van der Waals surface area contributed by atoms with E-state index in [0.717, 1.165) is 4.88 Å². The van der Waals surface area contributed by atoms with Crippen LogP contribution in [0.15, 0.2) is 29.8 Å². The van der Waals surface area contributed by atoms with Crippen LogP contribution < -0.4 is 5.32 Å². The van der Waals surface area contributed by atoms with E-state index in [0.29, 0.717) is 0 Å². The molecular weight excluding hydrogens is 277 g/mol. The Hall–Kier alpha value is -1.95. The Morgan fingerprint density at radius 2 is 2.25 bits per heavy atom. The SMILES string of the molecule is CNc1nccc(C(=O)N(C)C(C)c2cccs2)c1F. The van der Waals surface area contributed by atoms with Crippen LogP contribution >= 0.6 is 11.3 Å². The summed E-state index contributed by atoms with van der Waals surface area (Å²) in [5, 5.41) is 4.59. The van der Waals surface area contributed by atoms with Crippen molar-refractivity contribution in [2.24, 2.45) is 0 Å². The number of thiophene rings is 1. The standard InChI is InChI=1S/C14H16FN3OS/c1-9(11-5-4-8-20-11)18(3)14(19)10-6-7-17-13(16-2)12(10)15/h4-9H,1-3H3,(H,16,17). The van der Waals surface area contributed by atoms with Gasteiger partial charge in [-0.3, -0.25) is 4.79 Å². The third-order valence-electron chi connectivity index (χ3n) is 3.21. The zero-order chi connectivity index (χ0) is 14.7. The molecule has 0 aliphatic carbocycles. The highest BCUT2D eigenvalue weighted by atomic mass is 32.1. The van der Waals surface area contributed by atoms with Gasteiger partial charge >= 0.3 is 0 Å². The lowest BCUT2D eigenvalue weighted by molar-refractivity contribution is 0.0740. The van der Waals surface area contributed by atoms with Gasteiger partial charge in [-0.15, -0.1) is 11.3 Å². The molecule has 0 aliphatic rings. The van der Waals surface area contributed by atoms with E-state index in [-0.39, 0.29) is 23.3 Å². The lowest BCUT2D eigenvalue weighted by Crippen LogP contribution is -2.30. The first-order valence-electron chi connectivity index (χ1n) is 6.19. The minimum atomic E-state index is -0.620. The predicted molar refractivity (Wildman–Crippen MR) is 78.6 cm³/mol. The van der Waals surface area contributed by atoms with Gasteiger partial charge in [0.1, 0.15) is 0 Å². The van der Waals surface area contributed by atoms with E-state index in [1.807, 2.05) is 24.4 Å². The molecule has 6 heteroatoms. The fraction of sp³-hybridized carbons (Fsp3) is 0.286. The molecule has 4 nitrogen and oxygen atoms in total. The Morgan fingerprint density at radius 1 is 1.50 bits per heavy atom. The highest BCUT2D eigenvalue weighted by Crippen LogP contribution is 2.26. The normalized spacial score (nSPS) is 12.0. The van der Waals surface area contributed by atoms with E-state index in [9.17, 15) is 9.18 Å². The predicted octanol–water partition coefficient (Wildman–Crippen LogP) is 3.16. The molecule has 1 N–H and O–H groups in total. The number of aromatic nitrogens is 1. The van der Waals surface area contributed by atoms with Crippen LogP contribution in [0.2, 0.25) is 0 Å². The summed E-state index contributed by atoms with van der Waals surface area (Å²) < 4.78 is 14.1. The zero-order valence-electron chi connectivity index (χ0n) is 11.6. The summed E-state index contributed by atoms with van der Waals surface area (Å²) in [4.78, 5) is 18.8. The van der Waals surface area contributed by atoms with Crippen molar-refractivity contribution < 1.29 is 9.18 Å². The van der Waals surface area contributed by atoms with Crippen molar-refractivity contribution in [2.45, 2.75) is 13.0 Å². The molecule has 1 unspecified atom stereocenters. The number of amides is 1. The molecule has 0 aromatic carbocycles. The van der Waals surface area contributed by atoms with Crippen molar-refractivity contribution in [3.05, 3.63) is 46.0 Å². The Labute approximate surface area is 121 Å². The number of halogens is 1. The summed E-state index contributed by atoms with van der Waals surface area (Å²) in [5.41, 5.74) is 0.0234. The van der Waals surface area contributed by atoms with Gasteiger partial charge in [-0.25, -0.2) is 9.37 Å². The molecule has 0 saturated carbocycles. The van der Waals surface area contributed by atoms with Gasteiger partial charge in [0.2, 0.25) is 0 Å². The summed E-state index contributed by atoms with van der Waals surface area (Å²) in [5.74, 6) is -0.902. The van der Waals surface area contributed by atoms with Crippen LogP contribution in [0.4, 0.5) is 10.2 Å². The van der Waals surface area contributed by atoms with Gasteiger partial charge in [0.25, 0.3) is 5.91 Å². The summed E-state index contributed by atoms with van der Waals surface area (Å²) in [6.07, 6.45) is 1.42. The molecule has 106 valence electrons. The third kappa shape index (κ3) is 2.65. The summed E-state index contributed by atoms with van der Waals surface area (Å²) in [6.45, 7) is 1.92. The molecule has 0 fully saturated rings. The highest BCUT2D eigenvalue weighted by Gasteiger charge is 2.23. The second-order valence-electron chi connectivity index (χ2n) is 4.38. The first-order chi connectivity index (χ1) is 9.56. The molecular formula is C14H16FN3OS. The number of pyridine rings is 1. The van der Waals surface area contributed by atoms with Crippen LogP contribution in [-0.4, -0.2) is 29.9 Å². The lowest BCUT2D eigenvalue weighted by atomic mass is 10.1. The number of nitrogens with one attached hydrogen (secondary N) is 1. The minimum absolute atomic E-state index is 0.0234. The van der Waals surface area contributed by atoms with Gasteiger partial charge in [0, 0.05) is 25.2 Å².